The molecule has 0 radical (unpaired) electrons. The van der Waals surface area contributed by atoms with Gasteiger partial charge < -0.3 is 10.2 Å². The molecule has 1 N–H and O–H groups in total. The van der Waals surface area contributed by atoms with Crippen LogP contribution in [-0.4, -0.2) is 46.7 Å². The summed E-state index contributed by atoms with van der Waals surface area (Å²) in [5, 5.41) is 10.7. The molecular weight excluding hydrogens is 264 g/mol. The van der Waals surface area contributed by atoms with Gasteiger partial charge in [-0.2, -0.15) is 0 Å². The molecule has 19 heavy (non-hydrogen) atoms. The molecule has 1 saturated heterocycles. The van der Waals surface area contributed by atoms with E-state index in [9.17, 15) is 4.79 Å². The van der Waals surface area contributed by atoms with Crippen molar-refractivity contribution in [3.63, 3.8) is 0 Å². The lowest BCUT2D eigenvalue weighted by Gasteiger charge is -2.14. The number of hydrogen-bond acceptors (Lipinski definition) is 4. The lowest BCUT2D eigenvalue weighted by Crippen LogP contribution is -2.32. The average Bonchev–Trinajstić information content (AvgIpc) is 3.16. The summed E-state index contributed by atoms with van der Waals surface area (Å²) >= 11 is 5.64. The smallest absolute Gasteiger partial charge is 0.271 e. The maximum absolute atomic E-state index is 11.9. The van der Waals surface area contributed by atoms with Crippen LogP contribution in [0, 0.1) is 5.92 Å². The van der Waals surface area contributed by atoms with E-state index < -0.39 is 0 Å². The maximum Gasteiger partial charge on any atom is 0.271 e. The van der Waals surface area contributed by atoms with Gasteiger partial charge in [-0.1, -0.05) is 11.6 Å². The standard InChI is InChI=1S/C13H17ClN4O/c14-12-4-3-11(16-17-12)13(19)15-7-9-5-6-18(8-9)10-1-2-10/h3-4,9-10H,1-2,5-8H2,(H,15,19). The Bertz CT molecular complexity index is 460. The molecule has 1 aliphatic carbocycles. The molecule has 0 aromatic carbocycles. The Hall–Kier alpha value is -1.20. The quantitative estimate of drug-likeness (QED) is 0.904. The van der Waals surface area contributed by atoms with E-state index >= 15 is 0 Å². The molecule has 6 heteroatoms. The van der Waals surface area contributed by atoms with Crippen LogP contribution in [0.15, 0.2) is 12.1 Å². The first kappa shape index (κ1) is 12.8. The van der Waals surface area contributed by atoms with Crippen molar-refractivity contribution in [1.82, 2.24) is 20.4 Å². The Kier molecular flexibility index (Phi) is 3.66. The number of aromatic nitrogens is 2. The van der Waals surface area contributed by atoms with Crippen molar-refractivity contribution < 1.29 is 4.79 Å². The number of likely N-dealkylation sites (tertiary alicyclic amines) is 1. The van der Waals surface area contributed by atoms with Gasteiger partial charge in [0.2, 0.25) is 0 Å². The first-order valence-corrected chi connectivity index (χ1v) is 7.11. The Morgan fingerprint density at radius 2 is 2.21 bits per heavy atom. The summed E-state index contributed by atoms with van der Waals surface area (Å²) < 4.78 is 0. The number of nitrogens with zero attached hydrogens (tertiary/aromatic N) is 3. The summed E-state index contributed by atoms with van der Waals surface area (Å²) in [6.07, 6.45) is 3.86. The zero-order valence-electron chi connectivity index (χ0n) is 10.7. The third kappa shape index (κ3) is 3.22. The highest BCUT2D eigenvalue weighted by Gasteiger charge is 2.34. The van der Waals surface area contributed by atoms with Crippen molar-refractivity contribution in [3.8, 4) is 0 Å². The Labute approximate surface area is 117 Å². The fourth-order valence-electron chi connectivity index (χ4n) is 2.57. The first-order chi connectivity index (χ1) is 9.22. The molecule has 0 bridgehead atoms. The SMILES string of the molecule is O=C(NCC1CCN(C2CC2)C1)c1ccc(Cl)nn1. The zero-order valence-corrected chi connectivity index (χ0v) is 11.4. The van der Waals surface area contributed by atoms with Gasteiger partial charge in [0.15, 0.2) is 10.8 Å². The lowest BCUT2D eigenvalue weighted by atomic mass is 10.1. The second-order valence-corrected chi connectivity index (χ2v) is 5.72. The number of halogens is 1. The molecule has 0 spiro atoms. The average molecular weight is 281 g/mol. The number of carbonyl (C=O) groups excluding carboxylic acids is 1. The van der Waals surface area contributed by atoms with Crippen LogP contribution in [0.1, 0.15) is 29.8 Å². The van der Waals surface area contributed by atoms with E-state index in [-0.39, 0.29) is 5.91 Å². The van der Waals surface area contributed by atoms with Crippen molar-refractivity contribution in [2.45, 2.75) is 25.3 Å². The Morgan fingerprint density at radius 1 is 1.37 bits per heavy atom. The molecule has 2 fully saturated rings. The van der Waals surface area contributed by atoms with E-state index in [0.717, 1.165) is 12.6 Å². The van der Waals surface area contributed by atoms with Gasteiger partial charge in [-0.05, 0) is 43.9 Å². The second kappa shape index (κ2) is 5.43. The summed E-state index contributed by atoms with van der Waals surface area (Å²) in [4.78, 5) is 14.4. The van der Waals surface area contributed by atoms with Crippen LogP contribution in [0.25, 0.3) is 0 Å². The monoisotopic (exact) mass is 280 g/mol. The highest BCUT2D eigenvalue weighted by atomic mass is 35.5. The molecule has 102 valence electrons. The van der Waals surface area contributed by atoms with Gasteiger partial charge in [-0.3, -0.25) is 4.79 Å². The number of amides is 1. The highest BCUT2D eigenvalue weighted by Crippen LogP contribution is 2.31. The third-order valence-electron chi connectivity index (χ3n) is 3.80. The van der Waals surface area contributed by atoms with Crippen molar-refractivity contribution in [1.29, 1.82) is 0 Å². The minimum Gasteiger partial charge on any atom is -0.350 e. The van der Waals surface area contributed by atoms with Crippen LogP contribution in [0.3, 0.4) is 0 Å². The van der Waals surface area contributed by atoms with Crippen LogP contribution >= 0.6 is 11.6 Å². The minimum atomic E-state index is -0.172. The number of rotatable bonds is 4. The van der Waals surface area contributed by atoms with E-state index in [4.69, 9.17) is 11.6 Å². The summed E-state index contributed by atoms with van der Waals surface area (Å²) in [5.41, 5.74) is 0.321. The molecule has 1 unspecified atom stereocenters. The maximum atomic E-state index is 11.9. The Balaban J connectivity index is 1.46. The summed E-state index contributed by atoms with van der Waals surface area (Å²) in [5.74, 6) is 0.388. The number of carbonyl (C=O) groups is 1. The van der Waals surface area contributed by atoms with Crippen molar-refractivity contribution in [2.24, 2.45) is 5.92 Å². The molecule has 1 atom stereocenters. The molecule has 1 amide bonds. The topological polar surface area (TPSA) is 58.1 Å². The zero-order chi connectivity index (χ0) is 13.2. The van der Waals surface area contributed by atoms with Crippen molar-refractivity contribution in [2.75, 3.05) is 19.6 Å². The first-order valence-electron chi connectivity index (χ1n) is 6.74. The van der Waals surface area contributed by atoms with Gasteiger partial charge in [0.25, 0.3) is 5.91 Å². The molecule has 1 aromatic heterocycles. The lowest BCUT2D eigenvalue weighted by molar-refractivity contribution is 0.0941. The number of hydrogen-bond donors (Lipinski definition) is 1. The van der Waals surface area contributed by atoms with E-state index in [1.807, 2.05) is 0 Å². The predicted octanol–water partition coefficient (Wildman–Crippen LogP) is 1.34. The predicted molar refractivity (Wildman–Crippen MR) is 72.1 cm³/mol. The molecule has 1 saturated carbocycles. The van der Waals surface area contributed by atoms with E-state index in [0.29, 0.717) is 23.3 Å². The van der Waals surface area contributed by atoms with Crippen LogP contribution in [0.2, 0.25) is 5.15 Å². The van der Waals surface area contributed by atoms with Crippen molar-refractivity contribution in [3.05, 3.63) is 23.0 Å². The molecule has 1 aliphatic heterocycles. The summed E-state index contributed by atoms with van der Waals surface area (Å²) in [7, 11) is 0. The van der Waals surface area contributed by atoms with Gasteiger partial charge in [-0.15, -0.1) is 10.2 Å². The second-order valence-electron chi connectivity index (χ2n) is 5.33. The van der Waals surface area contributed by atoms with Gasteiger partial charge in [0.1, 0.15) is 0 Å². The van der Waals surface area contributed by atoms with Crippen LogP contribution < -0.4 is 5.32 Å². The van der Waals surface area contributed by atoms with Crippen molar-refractivity contribution >= 4 is 17.5 Å². The van der Waals surface area contributed by atoms with Crippen LogP contribution in [0.5, 0.6) is 0 Å². The van der Waals surface area contributed by atoms with Gasteiger partial charge in [0.05, 0.1) is 0 Å². The Morgan fingerprint density at radius 3 is 2.89 bits per heavy atom. The molecule has 5 nitrogen and oxygen atoms in total. The summed E-state index contributed by atoms with van der Waals surface area (Å²) in [6, 6.07) is 3.99. The van der Waals surface area contributed by atoms with Crippen LogP contribution in [-0.2, 0) is 0 Å². The van der Waals surface area contributed by atoms with E-state index in [1.165, 1.54) is 25.8 Å². The molecule has 3 rings (SSSR count). The van der Waals surface area contributed by atoms with Gasteiger partial charge in [-0.25, -0.2) is 0 Å². The van der Waals surface area contributed by atoms with Gasteiger partial charge >= 0.3 is 0 Å². The van der Waals surface area contributed by atoms with Crippen LogP contribution in [0.4, 0.5) is 0 Å². The van der Waals surface area contributed by atoms with Gasteiger partial charge in [0, 0.05) is 19.1 Å². The third-order valence-corrected chi connectivity index (χ3v) is 4.00. The molecule has 2 heterocycles. The van der Waals surface area contributed by atoms with E-state index in [1.54, 1.807) is 12.1 Å². The largest absolute Gasteiger partial charge is 0.350 e. The summed E-state index contributed by atoms with van der Waals surface area (Å²) in [6.45, 7) is 3.00. The molecular formula is C13H17ClN4O. The molecule has 1 aromatic rings. The normalized spacial score (nSPS) is 23.5. The van der Waals surface area contributed by atoms with E-state index in [2.05, 4.69) is 20.4 Å². The minimum absolute atomic E-state index is 0.172. The fourth-order valence-corrected chi connectivity index (χ4v) is 2.67. The highest BCUT2D eigenvalue weighted by molar-refractivity contribution is 6.29. The number of nitrogens with one attached hydrogen (secondary N) is 1. The fraction of sp³-hybridized carbons (Fsp3) is 0.615. The molecule has 2 aliphatic rings.